The van der Waals surface area contributed by atoms with Gasteiger partial charge >= 0.3 is 0 Å². The summed E-state index contributed by atoms with van der Waals surface area (Å²) >= 11 is 3.25. The van der Waals surface area contributed by atoms with Gasteiger partial charge < -0.3 is 0 Å². The summed E-state index contributed by atoms with van der Waals surface area (Å²) in [5.41, 5.74) is 4.68. The molecule has 2 heterocycles. The number of aromatic nitrogens is 2. The van der Waals surface area contributed by atoms with Crippen LogP contribution in [0.5, 0.6) is 0 Å². The van der Waals surface area contributed by atoms with Crippen molar-refractivity contribution >= 4 is 33.3 Å². The molecule has 0 bridgehead atoms. The van der Waals surface area contributed by atoms with E-state index >= 15 is 0 Å². The Morgan fingerprint density at radius 3 is 2.80 bits per heavy atom. The van der Waals surface area contributed by atoms with Crippen molar-refractivity contribution in [1.82, 2.24) is 9.55 Å². The molecule has 1 atom stereocenters. The fraction of sp³-hybridized carbons (Fsp3) is 0.400. The highest BCUT2D eigenvalue weighted by Gasteiger charge is 2.25. The van der Waals surface area contributed by atoms with Crippen LogP contribution in [-0.2, 0) is 12.8 Å². The van der Waals surface area contributed by atoms with E-state index in [4.69, 9.17) is 4.98 Å². The van der Waals surface area contributed by atoms with Gasteiger partial charge in [0.15, 0.2) is 5.16 Å². The number of fused-ring (bicyclic) bond motifs is 3. The number of thiophene rings is 1. The van der Waals surface area contributed by atoms with Crippen molar-refractivity contribution in [2.45, 2.75) is 45.2 Å². The quantitative estimate of drug-likeness (QED) is 0.475. The van der Waals surface area contributed by atoms with Crippen LogP contribution in [0.1, 0.15) is 34.9 Å². The van der Waals surface area contributed by atoms with Gasteiger partial charge in [-0.15, -0.1) is 11.3 Å². The van der Waals surface area contributed by atoms with Crippen LogP contribution in [0.3, 0.4) is 0 Å². The fourth-order valence-electron chi connectivity index (χ4n) is 3.61. The second-order valence-electron chi connectivity index (χ2n) is 7.04. The van der Waals surface area contributed by atoms with Crippen molar-refractivity contribution in [2.75, 3.05) is 6.26 Å². The molecule has 0 radical (unpaired) electrons. The number of thioether (sulfide) groups is 1. The molecule has 0 saturated carbocycles. The zero-order chi connectivity index (χ0) is 17.7. The largest absolute Gasteiger partial charge is 0.268 e. The van der Waals surface area contributed by atoms with Gasteiger partial charge in [-0.1, -0.05) is 24.8 Å². The molecule has 3 aromatic rings. The van der Waals surface area contributed by atoms with E-state index < -0.39 is 0 Å². The lowest BCUT2D eigenvalue weighted by molar-refractivity contribution is 0.508. The summed E-state index contributed by atoms with van der Waals surface area (Å²) in [6.45, 7) is 6.45. The first kappa shape index (κ1) is 16.9. The molecule has 4 rings (SSSR count). The molecule has 0 spiro atoms. The van der Waals surface area contributed by atoms with Gasteiger partial charge in [0, 0.05) is 4.88 Å². The first-order valence-corrected chi connectivity index (χ1v) is 10.7. The number of hydrogen-bond acceptors (Lipinski definition) is 4. The molecule has 0 saturated heterocycles. The Hall–Kier alpha value is -1.59. The third-order valence-corrected chi connectivity index (χ3v) is 7.05. The Labute approximate surface area is 156 Å². The fourth-order valence-corrected chi connectivity index (χ4v) is 5.43. The molecule has 5 heteroatoms. The minimum atomic E-state index is 0.0872. The third kappa shape index (κ3) is 2.74. The van der Waals surface area contributed by atoms with E-state index in [1.807, 2.05) is 12.3 Å². The van der Waals surface area contributed by atoms with Crippen LogP contribution >= 0.6 is 23.1 Å². The molecule has 0 amide bonds. The van der Waals surface area contributed by atoms with Gasteiger partial charge in [0.2, 0.25) is 0 Å². The van der Waals surface area contributed by atoms with Crippen molar-refractivity contribution in [3.8, 4) is 5.69 Å². The number of nitrogens with zero attached hydrogens (tertiary/aromatic N) is 2. The average molecular weight is 371 g/mol. The molecule has 3 nitrogen and oxygen atoms in total. The second-order valence-corrected chi connectivity index (χ2v) is 8.90. The SMILES string of the molecule is CSc1nc2sc3c(c2c(=O)n1-c1ccc(C)c(C)c1)CC(C)CC3. The van der Waals surface area contributed by atoms with E-state index in [-0.39, 0.29) is 5.56 Å². The number of rotatable bonds is 2. The lowest BCUT2D eigenvalue weighted by Crippen LogP contribution is -2.22. The minimum absolute atomic E-state index is 0.0872. The highest BCUT2D eigenvalue weighted by atomic mass is 32.2. The van der Waals surface area contributed by atoms with E-state index in [1.165, 1.54) is 39.8 Å². The maximum absolute atomic E-state index is 13.5. The van der Waals surface area contributed by atoms with Gasteiger partial charge in [-0.3, -0.25) is 9.36 Å². The number of aryl methyl sites for hydroxylation is 3. The zero-order valence-electron chi connectivity index (χ0n) is 15.0. The molecule has 2 aromatic heterocycles. The highest BCUT2D eigenvalue weighted by molar-refractivity contribution is 7.98. The van der Waals surface area contributed by atoms with Crippen molar-refractivity contribution in [2.24, 2.45) is 5.92 Å². The zero-order valence-corrected chi connectivity index (χ0v) is 16.7. The van der Waals surface area contributed by atoms with Crippen LogP contribution < -0.4 is 5.56 Å². The van der Waals surface area contributed by atoms with Gasteiger partial charge in [-0.05, 0) is 74.1 Å². The monoisotopic (exact) mass is 370 g/mol. The molecule has 1 aromatic carbocycles. The van der Waals surface area contributed by atoms with E-state index in [9.17, 15) is 4.79 Å². The normalized spacial score (nSPS) is 17.0. The van der Waals surface area contributed by atoms with Crippen LogP contribution in [0.25, 0.3) is 15.9 Å². The van der Waals surface area contributed by atoms with E-state index in [0.29, 0.717) is 5.92 Å². The molecule has 130 valence electrons. The lowest BCUT2D eigenvalue weighted by Gasteiger charge is -2.18. The Balaban J connectivity index is 2.03. The standard InChI is InChI=1S/C20H22N2OS2/c1-11-5-8-16-15(9-11)17-18(25-16)21-20(24-4)22(19(17)23)14-7-6-12(2)13(3)10-14/h6-7,10-11H,5,8-9H2,1-4H3. The van der Waals surface area contributed by atoms with Crippen molar-refractivity contribution in [3.05, 3.63) is 50.1 Å². The van der Waals surface area contributed by atoms with Gasteiger partial charge in [0.25, 0.3) is 5.56 Å². The van der Waals surface area contributed by atoms with Crippen LogP contribution in [0.15, 0.2) is 28.2 Å². The van der Waals surface area contributed by atoms with Crippen molar-refractivity contribution in [1.29, 1.82) is 0 Å². The summed E-state index contributed by atoms with van der Waals surface area (Å²) in [4.78, 5) is 20.6. The summed E-state index contributed by atoms with van der Waals surface area (Å²) < 4.78 is 1.80. The summed E-state index contributed by atoms with van der Waals surface area (Å²) in [5, 5.41) is 1.62. The van der Waals surface area contributed by atoms with Gasteiger partial charge in [0.1, 0.15) is 4.83 Å². The molecule has 0 fully saturated rings. The maximum atomic E-state index is 13.5. The van der Waals surface area contributed by atoms with Gasteiger partial charge in [-0.2, -0.15) is 0 Å². The van der Waals surface area contributed by atoms with E-state index in [2.05, 4.69) is 32.9 Å². The van der Waals surface area contributed by atoms with E-state index in [0.717, 1.165) is 33.9 Å². The molecule has 25 heavy (non-hydrogen) atoms. The van der Waals surface area contributed by atoms with Crippen LogP contribution in [0, 0.1) is 19.8 Å². The molecule has 1 aliphatic carbocycles. The van der Waals surface area contributed by atoms with Gasteiger partial charge in [0.05, 0.1) is 11.1 Å². The van der Waals surface area contributed by atoms with E-state index in [1.54, 1.807) is 15.9 Å². The first-order valence-electron chi connectivity index (χ1n) is 8.68. The topological polar surface area (TPSA) is 34.9 Å². The summed E-state index contributed by atoms with van der Waals surface area (Å²) in [6, 6.07) is 6.19. The Kier molecular flexibility index (Phi) is 4.24. The maximum Gasteiger partial charge on any atom is 0.267 e. The average Bonchev–Trinajstić information content (AvgIpc) is 2.95. The molecule has 0 N–H and O–H groups in total. The predicted octanol–water partition coefficient (Wildman–Crippen LogP) is 4.91. The Morgan fingerprint density at radius 2 is 2.08 bits per heavy atom. The molecular formula is C20H22N2OS2. The lowest BCUT2D eigenvalue weighted by atomic mass is 9.89. The number of benzene rings is 1. The highest BCUT2D eigenvalue weighted by Crippen LogP contribution is 2.36. The van der Waals surface area contributed by atoms with Crippen LogP contribution in [-0.4, -0.2) is 15.8 Å². The van der Waals surface area contributed by atoms with Gasteiger partial charge in [-0.25, -0.2) is 4.98 Å². The van der Waals surface area contributed by atoms with Crippen molar-refractivity contribution < 1.29 is 0 Å². The molecule has 0 aliphatic heterocycles. The molecule has 1 aliphatic rings. The summed E-state index contributed by atoms with van der Waals surface area (Å²) in [7, 11) is 0. The van der Waals surface area contributed by atoms with Crippen LogP contribution in [0.2, 0.25) is 0 Å². The smallest absolute Gasteiger partial charge is 0.267 e. The first-order chi connectivity index (χ1) is 12.0. The Morgan fingerprint density at radius 1 is 1.28 bits per heavy atom. The molecule has 1 unspecified atom stereocenters. The van der Waals surface area contributed by atoms with Crippen LogP contribution in [0.4, 0.5) is 0 Å². The molecular weight excluding hydrogens is 348 g/mol. The third-order valence-electron chi connectivity index (χ3n) is 5.23. The second kappa shape index (κ2) is 6.29. The minimum Gasteiger partial charge on any atom is -0.268 e. The van der Waals surface area contributed by atoms with Crippen molar-refractivity contribution in [3.63, 3.8) is 0 Å². The number of hydrogen-bond donors (Lipinski definition) is 0. The predicted molar refractivity (Wildman–Crippen MR) is 108 cm³/mol. The Bertz CT molecular complexity index is 1030. The summed E-state index contributed by atoms with van der Waals surface area (Å²) in [6.07, 6.45) is 5.27. The summed E-state index contributed by atoms with van der Waals surface area (Å²) in [5.74, 6) is 0.639.